The fourth-order valence-electron chi connectivity index (χ4n) is 1.94. The van der Waals surface area contributed by atoms with Crippen molar-refractivity contribution in [2.24, 2.45) is 0 Å². The number of nitrogens with zero attached hydrogens (tertiary/aromatic N) is 1. The van der Waals surface area contributed by atoms with Crippen LogP contribution in [0.5, 0.6) is 11.5 Å². The predicted octanol–water partition coefficient (Wildman–Crippen LogP) is 4.62. The zero-order valence-corrected chi connectivity index (χ0v) is 10.9. The lowest BCUT2D eigenvalue weighted by Gasteiger charge is -2.08. The standard InChI is InChI=1S/C15H8BrNO/c16-12-5-6-15-13(8-12)11(9-17)7-10-3-1-2-4-14(10)18-15/h1-8H. The Bertz CT molecular complexity index is 698. The van der Waals surface area contributed by atoms with Crippen LogP contribution < -0.4 is 4.74 Å². The largest absolute Gasteiger partial charge is 0.456 e. The summed E-state index contributed by atoms with van der Waals surface area (Å²) in [5.74, 6) is 1.47. The molecular formula is C15H8BrNO. The van der Waals surface area contributed by atoms with Gasteiger partial charge in [0.05, 0.1) is 11.6 Å². The first kappa shape index (κ1) is 11.1. The van der Waals surface area contributed by atoms with Crippen LogP contribution in [0, 0.1) is 11.3 Å². The maximum Gasteiger partial charge on any atom is 0.136 e. The van der Waals surface area contributed by atoms with Gasteiger partial charge in [0.2, 0.25) is 0 Å². The molecule has 2 aromatic rings. The molecule has 0 spiro atoms. The van der Waals surface area contributed by atoms with Gasteiger partial charge in [0.25, 0.3) is 0 Å². The van der Waals surface area contributed by atoms with E-state index in [1.807, 2.05) is 48.5 Å². The molecule has 0 N–H and O–H groups in total. The van der Waals surface area contributed by atoms with E-state index in [1.165, 1.54) is 0 Å². The third kappa shape index (κ3) is 1.81. The quantitative estimate of drug-likeness (QED) is 0.711. The number of rotatable bonds is 0. The van der Waals surface area contributed by atoms with Crippen LogP contribution in [-0.2, 0) is 0 Å². The summed E-state index contributed by atoms with van der Waals surface area (Å²) in [5.41, 5.74) is 2.33. The smallest absolute Gasteiger partial charge is 0.136 e. The zero-order valence-electron chi connectivity index (χ0n) is 9.35. The van der Waals surface area contributed by atoms with Gasteiger partial charge in [-0.2, -0.15) is 5.26 Å². The van der Waals surface area contributed by atoms with Crippen molar-refractivity contribution in [3.8, 4) is 17.6 Å². The summed E-state index contributed by atoms with van der Waals surface area (Å²) in [6.45, 7) is 0. The summed E-state index contributed by atoms with van der Waals surface area (Å²) in [7, 11) is 0. The van der Waals surface area contributed by atoms with Crippen molar-refractivity contribution < 1.29 is 4.74 Å². The van der Waals surface area contributed by atoms with Crippen LogP contribution in [0.25, 0.3) is 11.6 Å². The number of para-hydroxylation sites is 1. The summed E-state index contributed by atoms with van der Waals surface area (Å²) >= 11 is 3.42. The molecule has 0 atom stereocenters. The molecule has 0 saturated heterocycles. The Labute approximate surface area is 113 Å². The molecule has 2 aromatic carbocycles. The Morgan fingerprint density at radius 1 is 1.06 bits per heavy atom. The number of nitriles is 1. The maximum absolute atomic E-state index is 9.29. The van der Waals surface area contributed by atoms with Crippen molar-refractivity contribution in [1.29, 1.82) is 5.26 Å². The van der Waals surface area contributed by atoms with Crippen molar-refractivity contribution in [2.75, 3.05) is 0 Å². The van der Waals surface area contributed by atoms with E-state index in [1.54, 1.807) is 0 Å². The topological polar surface area (TPSA) is 33.0 Å². The average Bonchev–Trinajstić information content (AvgIpc) is 2.54. The first-order valence-corrected chi connectivity index (χ1v) is 6.26. The Hall–Kier alpha value is -2.05. The average molecular weight is 298 g/mol. The minimum atomic E-state index is 0.608. The van der Waals surface area contributed by atoms with Crippen LogP contribution in [0.15, 0.2) is 46.9 Å². The molecule has 86 valence electrons. The number of hydrogen-bond acceptors (Lipinski definition) is 2. The van der Waals surface area contributed by atoms with E-state index in [9.17, 15) is 5.26 Å². The normalized spacial score (nSPS) is 12.3. The minimum absolute atomic E-state index is 0.608. The molecule has 1 heterocycles. The molecule has 0 unspecified atom stereocenters. The molecular weight excluding hydrogens is 290 g/mol. The molecule has 0 fully saturated rings. The van der Waals surface area contributed by atoms with Crippen LogP contribution >= 0.6 is 15.9 Å². The van der Waals surface area contributed by atoms with E-state index in [-0.39, 0.29) is 0 Å². The van der Waals surface area contributed by atoms with Crippen molar-refractivity contribution in [2.45, 2.75) is 0 Å². The van der Waals surface area contributed by atoms with Gasteiger partial charge in [-0.05, 0) is 30.3 Å². The van der Waals surface area contributed by atoms with E-state index < -0.39 is 0 Å². The third-order valence-corrected chi connectivity index (χ3v) is 3.28. The maximum atomic E-state index is 9.29. The van der Waals surface area contributed by atoms with E-state index >= 15 is 0 Å². The molecule has 0 amide bonds. The van der Waals surface area contributed by atoms with Gasteiger partial charge >= 0.3 is 0 Å². The summed E-state index contributed by atoms with van der Waals surface area (Å²) in [6, 6.07) is 15.6. The van der Waals surface area contributed by atoms with Crippen molar-refractivity contribution in [1.82, 2.24) is 0 Å². The Morgan fingerprint density at radius 2 is 1.89 bits per heavy atom. The van der Waals surface area contributed by atoms with Crippen molar-refractivity contribution in [3.05, 3.63) is 58.1 Å². The third-order valence-electron chi connectivity index (χ3n) is 2.79. The minimum Gasteiger partial charge on any atom is -0.456 e. The Balaban J connectivity index is 2.29. The fraction of sp³-hybridized carbons (Fsp3) is 0. The first-order chi connectivity index (χ1) is 8.78. The molecule has 3 rings (SSSR count). The van der Waals surface area contributed by atoms with Gasteiger partial charge in [0, 0.05) is 15.6 Å². The van der Waals surface area contributed by atoms with E-state index in [0.717, 1.165) is 21.3 Å². The second kappa shape index (κ2) is 4.32. The molecule has 3 heteroatoms. The van der Waals surface area contributed by atoms with Crippen LogP contribution in [0.4, 0.5) is 0 Å². The Morgan fingerprint density at radius 3 is 2.72 bits per heavy atom. The predicted molar refractivity (Wildman–Crippen MR) is 74.1 cm³/mol. The van der Waals surface area contributed by atoms with Crippen LogP contribution in [0.2, 0.25) is 0 Å². The second-order valence-electron chi connectivity index (χ2n) is 3.95. The lowest BCUT2D eigenvalue weighted by molar-refractivity contribution is 0.481. The van der Waals surface area contributed by atoms with Gasteiger partial charge in [0.15, 0.2) is 0 Å². The molecule has 0 radical (unpaired) electrons. The van der Waals surface area contributed by atoms with Gasteiger partial charge in [-0.1, -0.05) is 34.1 Å². The summed E-state index contributed by atoms with van der Waals surface area (Å²) < 4.78 is 6.79. The lowest BCUT2D eigenvalue weighted by atomic mass is 10.0. The molecule has 1 aliphatic heterocycles. The number of benzene rings is 2. The SMILES string of the molecule is N#CC1=Cc2ccccc2Oc2ccc(Br)cc21. The lowest BCUT2D eigenvalue weighted by Crippen LogP contribution is -1.88. The van der Waals surface area contributed by atoms with E-state index in [0.29, 0.717) is 11.3 Å². The van der Waals surface area contributed by atoms with Crippen LogP contribution in [0.3, 0.4) is 0 Å². The zero-order chi connectivity index (χ0) is 12.5. The van der Waals surface area contributed by atoms with E-state index in [4.69, 9.17) is 4.74 Å². The summed E-state index contributed by atoms with van der Waals surface area (Å²) in [4.78, 5) is 0. The number of ether oxygens (including phenoxy) is 1. The summed E-state index contributed by atoms with van der Waals surface area (Å²) in [6.07, 6.45) is 1.85. The number of allylic oxidation sites excluding steroid dienone is 1. The van der Waals surface area contributed by atoms with Gasteiger partial charge in [-0.3, -0.25) is 0 Å². The molecule has 0 saturated carbocycles. The van der Waals surface area contributed by atoms with Gasteiger partial charge in [-0.25, -0.2) is 0 Å². The highest BCUT2D eigenvalue weighted by Gasteiger charge is 2.16. The fourth-order valence-corrected chi connectivity index (χ4v) is 2.30. The monoisotopic (exact) mass is 297 g/mol. The molecule has 2 nitrogen and oxygen atoms in total. The Kier molecular flexibility index (Phi) is 2.66. The first-order valence-electron chi connectivity index (χ1n) is 5.46. The van der Waals surface area contributed by atoms with Crippen LogP contribution in [-0.4, -0.2) is 0 Å². The van der Waals surface area contributed by atoms with Gasteiger partial charge < -0.3 is 4.74 Å². The molecule has 18 heavy (non-hydrogen) atoms. The summed E-state index contributed by atoms with van der Waals surface area (Å²) in [5, 5.41) is 9.29. The van der Waals surface area contributed by atoms with Crippen molar-refractivity contribution >= 4 is 27.6 Å². The van der Waals surface area contributed by atoms with Gasteiger partial charge in [-0.15, -0.1) is 0 Å². The van der Waals surface area contributed by atoms with Crippen LogP contribution in [0.1, 0.15) is 11.1 Å². The molecule has 0 bridgehead atoms. The number of fused-ring (bicyclic) bond motifs is 2. The van der Waals surface area contributed by atoms with Gasteiger partial charge in [0.1, 0.15) is 11.5 Å². The molecule has 0 aliphatic carbocycles. The van der Waals surface area contributed by atoms with Crippen molar-refractivity contribution in [3.63, 3.8) is 0 Å². The molecule has 1 aliphatic rings. The van der Waals surface area contributed by atoms with E-state index in [2.05, 4.69) is 22.0 Å². The molecule has 0 aromatic heterocycles. The highest BCUT2D eigenvalue weighted by molar-refractivity contribution is 9.10. The number of halogens is 1. The second-order valence-corrected chi connectivity index (χ2v) is 4.87. The number of hydrogen-bond donors (Lipinski definition) is 0. The highest BCUT2D eigenvalue weighted by Crippen LogP contribution is 2.38. The highest BCUT2D eigenvalue weighted by atomic mass is 79.9.